The quantitative estimate of drug-likeness (QED) is 0.0396. The molecule has 9 unspecified atom stereocenters. The standard InChI is InChI=1S/C58H84INO19/c1-28-23-57(7)31(32-24-53(2,3)20-21-58(28,32)37(64)9-8-22-60-48(71)29-10-12-30(59)13-11-29)14-15-36-54(4)18-17-38(55(5,27-62)35(54)16-19-56(36,57)6)76-52-47(79-51-43(69)41(67)40(66)34(25-61)75-51)45(44(70)46(78-52)49(72)73)77-50-42(68)39(65)33(63)26-74-50/h10-14,27-28,32-36,38-47,50-52,61,63,65-70H,8-9,15-26H2,1-7H3,(H,60,71)(H,72,73)/t28-,32?,33+,34?,35+,36?,38-,39-,40-,41-,42-,43-,44-,45-,46?,47-,50?,51?,52?,54?,55+,56-,57+,58?/m0/s1. The van der Waals surface area contributed by atoms with Crippen molar-refractivity contribution in [1.29, 1.82) is 0 Å². The molecule has 24 atom stereocenters. The van der Waals surface area contributed by atoms with E-state index in [1.54, 1.807) is 12.1 Å². The Labute approximate surface area is 475 Å². The Kier molecular flexibility index (Phi) is 17.6. The van der Waals surface area contributed by atoms with Gasteiger partial charge in [-0.1, -0.05) is 60.1 Å². The van der Waals surface area contributed by atoms with Crippen molar-refractivity contribution in [2.24, 2.45) is 56.2 Å². The molecule has 0 bridgehead atoms. The second kappa shape index (κ2) is 22.8. The van der Waals surface area contributed by atoms with Gasteiger partial charge in [-0.15, -0.1) is 0 Å². The number of aldehydes is 1. The van der Waals surface area contributed by atoms with Gasteiger partial charge in [-0.25, -0.2) is 4.79 Å². The number of carbonyl (C=O) groups excluding carboxylic acids is 3. The predicted molar refractivity (Wildman–Crippen MR) is 288 cm³/mol. The van der Waals surface area contributed by atoms with Gasteiger partial charge in [0.1, 0.15) is 73.1 Å². The molecule has 9 rings (SSSR count). The molecule has 3 aliphatic heterocycles. The normalized spacial score (nSPS) is 47.5. The van der Waals surface area contributed by atoms with E-state index < -0.39 is 128 Å². The van der Waals surface area contributed by atoms with Crippen LogP contribution in [0.4, 0.5) is 0 Å². The zero-order valence-electron chi connectivity index (χ0n) is 46.3. The van der Waals surface area contributed by atoms with Gasteiger partial charge in [0, 0.05) is 27.5 Å². The second-order valence-corrected chi connectivity index (χ2v) is 27.4. The van der Waals surface area contributed by atoms with Crippen LogP contribution in [0.2, 0.25) is 0 Å². The number of nitrogens with one attached hydrogen (secondary N) is 1. The first-order valence-corrected chi connectivity index (χ1v) is 29.4. The Hall–Kier alpha value is -2.59. The number of hydrogen-bond acceptors (Lipinski definition) is 18. The molecule has 4 saturated carbocycles. The van der Waals surface area contributed by atoms with Crippen LogP contribution in [0.5, 0.6) is 0 Å². The number of rotatable bonds is 15. The van der Waals surface area contributed by atoms with E-state index in [9.17, 15) is 60.3 Å². The molecule has 0 spiro atoms. The summed E-state index contributed by atoms with van der Waals surface area (Å²) in [6, 6.07) is 7.39. The van der Waals surface area contributed by atoms with E-state index in [2.05, 4.69) is 75.5 Å². The molecule has 1 aromatic rings. The van der Waals surface area contributed by atoms with Crippen LogP contribution in [0, 0.1) is 59.7 Å². The van der Waals surface area contributed by atoms with Crippen molar-refractivity contribution < 1.29 is 93.6 Å². The molecule has 10 N–H and O–H groups in total. The second-order valence-electron chi connectivity index (χ2n) is 26.2. The van der Waals surface area contributed by atoms with E-state index >= 15 is 4.79 Å². The lowest BCUT2D eigenvalue weighted by Gasteiger charge is -2.72. The number of ether oxygens (including phenoxy) is 6. The Morgan fingerprint density at radius 1 is 0.772 bits per heavy atom. The molecule has 442 valence electrons. The van der Waals surface area contributed by atoms with Gasteiger partial charge in [-0.2, -0.15) is 0 Å². The number of carbonyl (C=O) groups is 4. The number of ketones is 1. The van der Waals surface area contributed by atoms with Crippen molar-refractivity contribution in [3.63, 3.8) is 0 Å². The van der Waals surface area contributed by atoms with Gasteiger partial charge in [0.2, 0.25) is 0 Å². The summed E-state index contributed by atoms with van der Waals surface area (Å²) >= 11 is 2.20. The fraction of sp³-hybridized carbons (Fsp3) is 0.793. The minimum atomic E-state index is -2.13. The van der Waals surface area contributed by atoms with Gasteiger partial charge in [-0.3, -0.25) is 9.59 Å². The van der Waals surface area contributed by atoms with Crippen molar-refractivity contribution in [1.82, 2.24) is 5.32 Å². The van der Waals surface area contributed by atoms with E-state index in [0.717, 1.165) is 48.4 Å². The summed E-state index contributed by atoms with van der Waals surface area (Å²) in [5.74, 6) is -1.64. The van der Waals surface area contributed by atoms with Crippen molar-refractivity contribution in [2.75, 3.05) is 19.8 Å². The number of amides is 1. The molecule has 20 nitrogen and oxygen atoms in total. The van der Waals surface area contributed by atoms with Gasteiger partial charge >= 0.3 is 5.97 Å². The van der Waals surface area contributed by atoms with Gasteiger partial charge in [0.15, 0.2) is 25.0 Å². The highest BCUT2D eigenvalue weighted by Crippen LogP contribution is 2.77. The highest BCUT2D eigenvalue weighted by Gasteiger charge is 2.71. The summed E-state index contributed by atoms with van der Waals surface area (Å²) in [5, 5.41) is 99.4. The molecule has 1 aromatic carbocycles. The van der Waals surface area contributed by atoms with Crippen molar-refractivity contribution in [2.45, 2.75) is 211 Å². The number of Topliss-reactive ketones (excluding diaryl/α,β-unsaturated/α-hetero) is 1. The lowest BCUT2D eigenvalue weighted by molar-refractivity contribution is -0.391. The number of benzene rings is 1. The first kappa shape index (κ1) is 61.0. The molecule has 5 aliphatic carbocycles. The number of fused-ring (bicyclic) bond motifs is 7. The van der Waals surface area contributed by atoms with Crippen LogP contribution in [-0.4, -0.2) is 182 Å². The SMILES string of the molecule is C[C@H]1C[C@]2(C)C(=CCC3C4(C)CC[C@H](OC5OC(C(=O)O)[C@@H](O)[C@H](OC6OC[C@@H](O)[C@H](O)[C@@H]6O)[C@@H]5OC5OC(CO)[C@H](O)[C@H](O)[C@@H]5O)[C@](C)(C=O)[C@@H]4CC[C@@]32C)C2CC(C)(C)CCC21C(=O)CCCNC(=O)c1ccc(I)cc1. The van der Waals surface area contributed by atoms with Crippen molar-refractivity contribution in [3.8, 4) is 0 Å². The monoisotopic (exact) mass is 1230 g/mol. The molecule has 1 amide bonds. The zero-order valence-corrected chi connectivity index (χ0v) is 48.5. The summed E-state index contributed by atoms with van der Waals surface area (Å²) in [6.45, 7) is 14.9. The van der Waals surface area contributed by atoms with Crippen LogP contribution >= 0.6 is 22.6 Å². The minimum absolute atomic E-state index is 0.00683. The van der Waals surface area contributed by atoms with Crippen LogP contribution in [0.15, 0.2) is 35.9 Å². The molecule has 79 heavy (non-hydrogen) atoms. The molecular weight excluding hydrogens is 1140 g/mol. The molecule has 0 radical (unpaired) electrons. The number of aliphatic carboxylic acids is 1. The fourth-order valence-electron chi connectivity index (χ4n) is 16.8. The number of allylic oxidation sites excluding steroid dienone is 2. The Balaban J connectivity index is 0.991. The van der Waals surface area contributed by atoms with Gasteiger partial charge < -0.3 is 84.5 Å². The third-order valence-corrected chi connectivity index (χ3v) is 22.1. The number of halogens is 1. The number of aliphatic hydroxyl groups is 8. The summed E-state index contributed by atoms with van der Waals surface area (Å²) in [4.78, 5) is 55.0. The number of carboxylic acid groups (broad SMARTS) is 1. The van der Waals surface area contributed by atoms with Crippen LogP contribution in [0.3, 0.4) is 0 Å². The Morgan fingerprint density at radius 2 is 1.46 bits per heavy atom. The van der Waals surface area contributed by atoms with Crippen LogP contribution in [0.25, 0.3) is 0 Å². The van der Waals surface area contributed by atoms with Crippen LogP contribution in [-0.2, 0) is 42.8 Å². The summed E-state index contributed by atoms with van der Waals surface area (Å²) in [5.41, 5.74) is -0.835. The highest BCUT2D eigenvalue weighted by atomic mass is 127. The average Bonchev–Trinajstić information content (AvgIpc) is 3.47. The summed E-state index contributed by atoms with van der Waals surface area (Å²) in [6.07, 6.45) is -16.2. The summed E-state index contributed by atoms with van der Waals surface area (Å²) < 4.78 is 37.3. The maximum atomic E-state index is 15.1. The molecular formula is C58H84INO19. The van der Waals surface area contributed by atoms with E-state index in [0.29, 0.717) is 37.8 Å². The predicted octanol–water partition coefficient (Wildman–Crippen LogP) is 3.16. The number of hydrogen-bond donors (Lipinski definition) is 10. The van der Waals surface area contributed by atoms with E-state index in [1.165, 1.54) is 5.57 Å². The lowest BCUT2D eigenvalue weighted by atomic mass is 9.32. The van der Waals surface area contributed by atoms with Gasteiger partial charge in [0.05, 0.1) is 24.7 Å². The van der Waals surface area contributed by atoms with Crippen LogP contribution < -0.4 is 5.32 Å². The summed E-state index contributed by atoms with van der Waals surface area (Å²) in [7, 11) is 0. The molecule has 7 fully saturated rings. The van der Waals surface area contributed by atoms with E-state index in [4.69, 9.17) is 28.4 Å². The molecule has 21 heteroatoms. The third kappa shape index (κ3) is 10.4. The maximum Gasteiger partial charge on any atom is 0.335 e. The third-order valence-electron chi connectivity index (χ3n) is 21.4. The molecule has 3 saturated heterocycles. The molecule has 8 aliphatic rings. The average molecular weight is 1230 g/mol. The first-order valence-electron chi connectivity index (χ1n) is 28.4. The minimum Gasteiger partial charge on any atom is -0.479 e. The van der Waals surface area contributed by atoms with Crippen molar-refractivity contribution in [3.05, 3.63) is 45.0 Å². The molecule has 0 aromatic heterocycles. The van der Waals surface area contributed by atoms with Crippen molar-refractivity contribution >= 4 is 46.5 Å². The Bertz CT molecular complexity index is 2440. The highest BCUT2D eigenvalue weighted by molar-refractivity contribution is 14.1. The van der Waals surface area contributed by atoms with Gasteiger partial charge in [0.25, 0.3) is 5.91 Å². The molecule has 3 heterocycles. The lowest BCUT2D eigenvalue weighted by Crippen LogP contribution is -2.69. The van der Waals surface area contributed by atoms with E-state index in [1.807, 2.05) is 19.1 Å². The number of aliphatic hydroxyl groups excluding tert-OH is 8. The first-order chi connectivity index (χ1) is 37.1. The smallest absolute Gasteiger partial charge is 0.335 e. The fourth-order valence-corrected chi connectivity index (χ4v) is 17.2. The topological polar surface area (TPSA) is 318 Å². The van der Waals surface area contributed by atoms with E-state index in [-0.39, 0.29) is 58.0 Å². The zero-order chi connectivity index (χ0) is 57.5. The van der Waals surface area contributed by atoms with Crippen LogP contribution in [0.1, 0.15) is 129 Å². The van der Waals surface area contributed by atoms with Gasteiger partial charge in [-0.05, 0) is 156 Å². The maximum absolute atomic E-state index is 15.1. The Morgan fingerprint density at radius 3 is 2.13 bits per heavy atom. The largest absolute Gasteiger partial charge is 0.479 e. The number of carboxylic acids is 1.